The van der Waals surface area contributed by atoms with Gasteiger partial charge in [0.25, 0.3) is 0 Å². The summed E-state index contributed by atoms with van der Waals surface area (Å²) >= 11 is 0. The summed E-state index contributed by atoms with van der Waals surface area (Å²) in [5.41, 5.74) is 1.66. The summed E-state index contributed by atoms with van der Waals surface area (Å²) < 4.78 is 51.1. The molecule has 4 rings (SSSR count). The van der Waals surface area contributed by atoms with E-state index < -0.39 is 10.0 Å². The van der Waals surface area contributed by atoms with Crippen LogP contribution in [-0.2, 0) is 16.4 Å². The van der Waals surface area contributed by atoms with Gasteiger partial charge in [0.2, 0.25) is 16.8 Å². The summed E-state index contributed by atoms with van der Waals surface area (Å²) in [5, 5.41) is 0.752. The van der Waals surface area contributed by atoms with E-state index in [0.717, 1.165) is 16.5 Å². The van der Waals surface area contributed by atoms with Gasteiger partial charge in [0, 0.05) is 29.7 Å². The number of benzene rings is 2. The predicted molar refractivity (Wildman–Crippen MR) is 89.7 cm³/mol. The van der Waals surface area contributed by atoms with Crippen molar-refractivity contribution in [2.24, 2.45) is 0 Å². The van der Waals surface area contributed by atoms with Gasteiger partial charge in [-0.15, -0.1) is 0 Å². The number of halogens is 1. The van der Waals surface area contributed by atoms with Gasteiger partial charge in [-0.25, -0.2) is 17.5 Å². The van der Waals surface area contributed by atoms with E-state index in [-0.39, 0.29) is 24.1 Å². The number of fused-ring (bicyclic) bond motifs is 2. The van der Waals surface area contributed by atoms with Crippen LogP contribution in [0.3, 0.4) is 0 Å². The smallest absolute Gasteiger partial charge is 0.240 e. The highest BCUT2D eigenvalue weighted by atomic mass is 32.2. The van der Waals surface area contributed by atoms with Gasteiger partial charge in [-0.3, -0.25) is 0 Å². The van der Waals surface area contributed by atoms with Crippen molar-refractivity contribution in [2.75, 3.05) is 13.3 Å². The van der Waals surface area contributed by atoms with Crippen molar-refractivity contribution in [1.82, 2.24) is 9.71 Å². The van der Waals surface area contributed by atoms with Gasteiger partial charge in [-0.1, -0.05) is 0 Å². The molecule has 0 atom stereocenters. The number of ether oxygens (including phenoxy) is 2. The first-order valence-electron chi connectivity index (χ1n) is 7.68. The number of nitrogens with one attached hydrogen (secondary N) is 2. The number of H-pyrrole nitrogens is 1. The molecule has 130 valence electrons. The van der Waals surface area contributed by atoms with E-state index in [4.69, 9.17) is 9.47 Å². The Morgan fingerprint density at radius 1 is 1.12 bits per heavy atom. The number of hydrogen-bond acceptors (Lipinski definition) is 4. The second-order valence-corrected chi connectivity index (χ2v) is 7.43. The maximum Gasteiger partial charge on any atom is 0.240 e. The lowest BCUT2D eigenvalue weighted by molar-refractivity contribution is 0.174. The van der Waals surface area contributed by atoms with Crippen LogP contribution in [0.25, 0.3) is 10.9 Å². The van der Waals surface area contributed by atoms with E-state index in [0.29, 0.717) is 17.9 Å². The lowest BCUT2D eigenvalue weighted by Crippen LogP contribution is -2.25. The predicted octanol–water partition coefficient (Wildman–Crippen LogP) is 2.56. The van der Waals surface area contributed by atoms with E-state index >= 15 is 0 Å². The molecule has 0 saturated heterocycles. The van der Waals surface area contributed by atoms with E-state index in [1.54, 1.807) is 18.3 Å². The Balaban J connectivity index is 1.47. The van der Waals surface area contributed by atoms with Gasteiger partial charge in [-0.05, 0) is 42.3 Å². The van der Waals surface area contributed by atoms with Crippen molar-refractivity contribution < 1.29 is 22.3 Å². The summed E-state index contributed by atoms with van der Waals surface area (Å²) in [4.78, 5) is 3.16. The molecule has 25 heavy (non-hydrogen) atoms. The molecule has 2 heterocycles. The third-order valence-corrected chi connectivity index (χ3v) is 5.53. The number of hydrogen-bond donors (Lipinski definition) is 2. The van der Waals surface area contributed by atoms with E-state index in [2.05, 4.69) is 9.71 Å². The molecule has 2 N–H and O–H groups in total. The number of rotatable bonds is 5. The Morgan fingerprint density at radius 2 is 1.96 bits per heavy atom. The molecular weight excluding hydrogens is 347 g/mol. The highest BCUT2D eigenvalue weighted by Crippen LogP contribution is 2.33. The SMILES string of the molecule is O=S(=O)(NCCc1c[nH]c2ccc(F)cc12)c1ccc2c(c1)OCO2. The van der Waals surface area contributed by atoms with Gasteiger partial charge in [0.15, 0.2) is 11.5 Å². The first-order valence-corrected chi connectivity index (χ1v) is 9.16. The summed E-state index contributed by atoms with van der Waals surface area (Å²) in [6, 6.07) is 8.95. The van der Waals surface area contributed by atoms with Crippen molar-refractivity contribution in [1.29, 1.82) is 0 Å². The van der Waals surface area contributed by atoms with Crippen LogP contribution in [0.4, 0.5) is 4.39 Å². The van der Waals surface area contributed by atoms with Gasteiger partial charge in [0.05, 0.1) is 4.90 Å². The first kappa shape index (κ1) is 15.9. The fraction of sp³-hybridized carbons (Fsp3) is 0.176. The minimum absolute atomic E-state index is 0.0867. The molecule has 0 bridgehead atoms. The number of aromatic amines is 1. The zero-order valence-corrected chi connectivity index (χ0v) is 13.9. The van der Waals surface area contributed by atoms with Gasteiger partial charge < -0.3 is 14.5 Å². The molecule has 0 aliphatic carbocycles. The molecular formula is C17H15FN2O4S. The molecule has 1 aliphatic rings. The molecule has 1 aliphatic heterocycles. The van der Waals surface area contributed by atoms with Crippen LogP contribution in [0.15, 0.2) is 47.5 Å². The Kier molecular flexibility index (Phi) is 3.85. The quantitative estimate of drug-likeness (QED) is 0.731. The third-order valence-electron chi connectivity index (χ3n) is 4.07. The largest absolute Gasteiger partial charge is 0.454 e. The standard InChI is InChI=1S/C17H15FN2O4S/c18-12-1-3-15-14(7-12)11(9-19-15)5-6-20-25(21,22)13-2-4-16-17(8-13)24-10-23-16/h1-4,7-9,19-20H,5-6,10H2. The molecule has 6 nitrogen and oxygen atoms in total. The Hall–Kier alpha value is -2.58. The second-order valence-electron chi connectivity index (χ2n) is 5.67. The monoisotopic (exact) mass is 362 g/mol. The average Bonchev–Trinajstić information content (AvgIpc) is 3.21. The van der Waals surface area contributed by atoms with Crippen molar-refractivity contribution in [3.8, 4) is 11.5 Å². The third kappa shape index (κ3) is 3.06. The lowest BCUT2D eigenvalue weighted by Gasteiger charge is -2.07. The van der Waals surface area contributed by atoms with Crippen molar-refractivity contribution in [3.05, 3.63) is 54.0 Å². The Bertz CT molecular complexity index is 1050. The Morgan fingerprint density at radius 3 is 2.84 bits per heavy atom. The fourth-order valence-corrected chi connectivity index (χ4v) is 3.85. The van der Waals surface area contributed by atoms with Crippen LogP contribution in [0.1, 0.15) is 5.56 Å². The zero-order valence-electron chi connectivity index (χ0n) is 13.1. The molecule has 8 heteroatoms. The summed E-state index contributed by atoms with van der Waals surface area (Å²) in [6.07, 6.45) is 2.20. The summed E-state index contributed by atoms with van der Waals surface area (Å²) in [6.45, 7) is 0.281. The molecule has 0 fully saturated rings. The normalized spacial score (nSPS) is 13.5. The van der Waals surface area contributed by atoms with Gasteiger partial charge in [0.1, 0.15) is 5.82 Å². The van der Waals surface area contributed by atoms with Crippen LogP contribution in [-0.4, -0.2) is 26.7 Å². The second kappa shape index (κ2) is 6.05. The van der Waals surface area contributed by atoms with Crippen LogP contribution in [0, 0.1) is 5.82 Å². The zero-order chi connectivity index (χ0) is 17.4. The van der Waals surface area contributed by atoms with E-state index in [1.165, 1.54) is 24.3 Å². The first-order chi connectivity index (χ1) is 12.0. The topological polar surface area (TPSA) is 80.4 Å². The molecule has 0 spiro atoms. The average molecular weight is 362 g/mol. The minimum atomic E-state index is -3.67. The van der Waals surface area contributed by atoms with Crippen LogP contribution >= 0.6 is 0 Å². The van der Waals surface area contributed by atoms with Crippen LogP contribution in [0.2, 0.25) is 0 Å². The lowest BCUT2D eigenvalue weighted by atomic mass is 10.1. The molecule has 0 unspecified atom stereocenters. The van der Waals surface area contributed by atoms with Crippen LogP contribution in [0.5, 0.6) is 11.5 Å². The Labute approximate surface area is 143 Å². The van der Waals surface area contributed by atoms with E-state index in [1.807, 2.05) is 0 Å². The summed E-state index contributed by atoms with van der Waals surface area (Å²) in [7, 11) is -3.67. The number of sulfonamides is 1. The van der Waals surface area contributed by atoms with E-state index in [9.17, 15) is 12.8 Å². The molecule has 0 amide bonds. The highest BCUT2D eigenvalue weighted by Gasteiger charge is 2.20. The maximum absolute atomic E-state index is 13.4. The van der Waals surface area contributed by atoms with Gasteiger partial charge in [-0.2, -0.15) is 0 Å². The minimum Gasteiger partial charge on any atom is -0.454 e. The molecule has 3 aromatic rings. The molecule has 0 radical (unpaired) electrons. The fourth-order valence-electron chi connectivity index (χ4n) is 2.80. The van der Waals surface area contributed by atoms with Crippen LogP contribution < -0.4 is 14.2 Å². The number of aromatic nitrogens is 1. The van der Waals surface area contributed by atoms with Crippen molar-refractivity contribution in [2.45, 2.75) is 11.3 Å². The summed E-state index contributed by atoms with van der Waals surface area (Å²) in [5.74, 6) is 0.615. The van der Waals surface area contributed by atoms with Crippen molar-refractivity contribution >= 4 is 20.9 Å². The molecule has 2 aromatic carbocycles. The maximum atomic E-state index is 13.4. The molecule has 0 saturated carbocycles. The van der Waals surface area contributed by atoms with Crippen molar-refractivity contribution in [3.63, 3.8) is 0 Å². The molecule has 1 aromatic heterocycles. The highest BCUT2D eigenvalue weighted by molar-refractivity contribution is 7.89. The van der Waals surface area contributed by atoms with Gasteiger partial charge >= 0.3 is 0 Å².